The van der Waals surface area contributed by atoms with E-state index in [-0.39, 0.29) is 0 Å². The highest BCUT2D eigenvalue weighted by Gasteiger charge is 2.07. The van der Waals surface area contributed by atoms with Gasteiger partial charge in [-0.2, -0.15) is 0 Å². The lowest BCUT2D eigenvalue weighted by Gasteiger charge is -1.93. The molecule has 0 bridgehead atoms. The van der Waals surface area contributed by atoms with Crippen LogP contribution in [0.2, 0.25) is 0 Å². The Bertz CT molecular complexity index is 550. The molecule has 0 spiro atoms. The molecule has 2 aromatic carbocycles. The van der Waals surface area contributed by atoms with E-state index in [4.69, 9.17) is 0 Å². The zero-order valence-electron chi connectivity index (χ0n) is 15.1. The fourth-order valence-corrected chi connectivity index (χ4v) is 2.47. The number of aromatic nitrogens is 2. The van der Waals surface area contributed by atoms with E-state index < -0.39 is 0 Å². The molecule has 0 unspecified atom stereocenters. The topological polar surface area (TPSA) is 25.8 Å². The predicted octanol–water partition coefficient (Wildman–Crippen LogP) is 6.95. The number of benzene rings is 2. The second kappa shape index (κ2) is 13.6. The third kappa shape index (κ3) is 6.74. The maximum atomic E-state index is 4.23. The standard InChI is InChI=1S/C14H10N2S.3C2H6/c1-3-7-11(8-4-1)13-15-16-14(17-13)12-9-5-2-6-10-12;3*1-2/h1-10H;3*1-2H3. The first kappa shape index (κ1) is 21.0. The van der Waals surface area contributed by atoms with E-state index in [1.54, 1.807) is 11.3 Å². The average Bonchev–Trinajstić information content (AvgIpc) is 3.18. The van der Waals surface area contributed by atoms with E-state index in [2.05, 4.69) is 34.5 Å². The largest absolute Gasteiger partial charge is 0.148 e. The minimum Gasteiger partial charge on any atom is -0.138 e. The van der Waals surface area contributed by atoms with Crippen LogP contribution < -0.4 is 0 Å². The van der Waals surface area contributed by atoms with Gasteiger partial charge in [0.05, 0.1) is 0 Å². The van der Waals surface area contributed by atoms with Crippen molar-refractivity contribution in [3.8, 4) is 21.1 Å². The van der Waals surface area contributed by atoms with Crippen LogP contribution in [0.5, 0.6) is 0 Å². The minimum atomic E-state index is 0.962. The van der Waals surface area contributed by atoms with Gasteiger partial charge in [-0.25, -0.2) is 0 Å². The number of nitrogens with zero attached hydrogens (tertiary/aromatic N) is 2. The molecule has 0 radical (unpaired) electrons. The first-order valence-electron chi connectivity index (χ1n) is 8.38. The van der Waals surface area contributed by atoms with Crippen molar-refractivity contribution in [1.29, 1.82) is 0 Å². The Morgan fingerprint density at radius 3 is 1.13 bits per heavy atom. The summed E-state index contributed by atoms with van der Waals surface area (Å²) in [5.74, 6) is 0. The van der Waals surface area contributed by atoms with Crippen LogP contribution in [0, 0.1) is 0 Å². The molecule has 0 aliphatic rings. The normalized spacial score (nSPS) is 8.43. The summed E-state index contributed by atoms with van der Waals surface area (Å²) < 4.78 is 0. The molecule has 23 heavy (non-hydrogen) atoms. The summed E-state index contributed by atoms with van der Waals surface area (Å²) in [4.78, 5) is 0. The molecule has 0 N–H and O–H groups in total. The van der Waals surface area contributed by atoms with Crippen LogP contribution in [0.3, 0.4) is 0 Å². The summed E-state index contributed by atoms with van der Waals surface area (Å²) in [6.45, 7) is 12.0. The van der Waals surface area contributed by atoms with Crippen LogP contribution in [0.4, 0.5) is 0 Å². The third-order valence-corrected chi connectivity index (χ3v) is 3.49. The van der Waals surface area contributed by atoms with E-state index in [0.717, 1.165) is 21.1 Å². The van der Waals surface area contributed by atoms with Gasteiger partial charge >= 0.3 is 0 Å². The Morgan fingerprint density at radius 1 is 0.522 bits per heavy atom. The van der Waals surface area contributed by atoms with Gasteiger partial charge in [0.25, 0.3) is 0 Å². The van der Waals surface area contributed by atoms with E-state index in [9.17, 15) is 0 Å². The zero-order valence-corrected chi connectivity index (χ0v) is 15.9. The summed E-state index contributed by atoms with van der Waals surface area (Å²) in [5, 5.41) is 10.4. The molecular formula is C20H28N2S. The quantitative estimate of drug-likeness (QED) is 0.508. The summed E-state index contributed by atoms with van der Waals surface area (Å²) in [6, 6.07) is 20.3. The summed E-state index contributed by atoms with van der Waals surface area (Å²) in [6.07, 6.45) is 0. The molecule has 1 aromatic heterocycles. The Balaban J connectivity index is 0.000000728. The zero-order chi connectivity index (χ0) is 17.5. The van der Waals surface area contributed by atoms with Gasteiger partial charge in [-0.15, -0.1) is 10.2 Å². The van der Waals surface area contributed by atoms with Crippen molar-refractivity contribution in [2.75, 3.05) is 0 Å². The highest BCUT2D eigenvalue weighted by molar-refractivity contribution is 7.17. The predicted molar refractivity (Wildman–Crippen MR) is 105 cm³/mol. The molecule has 0 aliphatic carbocycles. The van der Waals surface area contributed by atoms with Gasteiger partial charge in [-0.1, -0.05) is 114 Å². The molecule has 0 aliphatic heterocycles. The molecule has 0 saturated carbocycles. The molecule has 0 saturated heterocycles. The lowest BCUT2D eigenvalue weighted by Crippen LogP contribution is -1.76. The highest BCUT2D eigenvalue weighted by Crippen LogP contribution is 2.29. The van der Waals surface area contributed by atoms with Crippen molar-refractivity contribution >= 4 is 11.3 Å². The Kier molecular flexibility index (Phi) is 12.5. The van der Waals surface area contributed by atoms with E-state index in [0.29, 0.717) is 0 Å². The Morgan fingerprint density at radius 2 is 0.826 bits per heavy atom. The molecule has 124 valence electrons. The fraction of sp³-hybridized carbons (Fsp3) is 0.300. The third-order valence-electron chi connectivity index (χ3n) is 2.47. The van der Waals surface area contributed by atoms with Crippen LogP contribution in [0.25, 0.3) is 21.1 Å². The Labute approximate surface area is 145 Å². The van der Waals surface area contributed by atoms with Crippen LogP contribution >= 0.6 is 11.3 Å². The summed E-state index contributed by atoms with van der Waals surface area (Å²) in [7, 11) is 0. The van der Waals surface area contributed by atoms with E-state index in [1.807, 2.05) is 77.9 Å². The van der Waals surface area contributed by atoms with Crippen molar-refractivity contribution in [2.24, 2.45) is 0 Å². The monoisotopic (exact) mass is 328 g/mol. The van der Waals surface area contributed by atoms with Crippen LogP contribution in [-0.4, -0.2) is 10.2 Å². The Hall–Kier alpha value is -2.00. The van der Waals surface area contributed by atoms with Gasteiger partial charge in [0.1, 0.15) is 10.0 Å². The first-order valence-corrected chi connectivity index (χ1v) is 9.19. The molecular weight excluding hydrogens is 300 g/mol. The molecule has 0 atom stereocenters. The van der Waals surface area contributed by atoms with Gasteiger partial charge in [-0.3, -0.25) is 0 Å². The average molecular weight is 329 g/mol. The number of hydrogen-bond donors (Lipinski definition) is 0. The van der Waals surface area contributed by atoms with Crippen LogP contribution in [0.1, 0.15) is 41.5 Å². The molecule has 0 fully saturated rings. The molecule has 3 rings (SSSR count). The van der Waals surface area contributed by atoms with Crippen molar-refractivity contribution in [3.05, 3.63) is 60.7 Å². The number of hydrogen-bond acceptors (Lipinski definition) is 3. The van der Waals surface area contributed by atoms with Gasteiger partial charge in [0, 0.05) is 11.1 Å². The molecule has 3 aromatic rings. The lowest BCUT2D eigenvalue weighted by molar-refractivity contribution is 1.10. The molecule has 0 amide bonds. The maximum Gasteiger partial charge on any atom is 0.148 e. The summed E-state index contributed by atoms with van der Waals surface area (Å²) >= 11 is 1.62. The van der Waals surface area contributed by atoms with E-state index in [1.165, 1.54) is 0 Å². The molecule has 3 heteroatoms. The molecule has 2 nitrogen and oxygen atoms in total. The SMILES string of the molecule is CC.CC.CC.c1ccc(-c2nnc(-c3ccccc3)s2)cc1. The number of rotatable bonds is 2. The van der Waals surface area contributed by atoms with Gasteiger partial charge in [0.2, 0.25) is 0 Å². The first-order chi connectivity index (χ1) is 11.4. The van der Waals surface area contributed by atoms with Crippen molar-refractivity contribution in [2.45, 2.75) is 41.5 Å². The summed E-state index contributed by atoms with van der Waals surface area (Å²) in [5.41, 5.74) is 2.24. The maximum absolute atomic E-state index is 4.23. The van der Waals surface area contributed by atoms with Crippen molar-refractivity contribution < 1.29 is 0 Å². The smallest absolute Gasteiger partial charge is 0.138 e. The molecule has 1 heterocycles. The van der Waals surface area contributed by atoms with Gasteiger partial charge in [-0.05, 0) is 0 Å². The van der Waals surface area contributed by atoms with Crippen molar-refractivity contribution in [1.82, 2.24) is 10.2 Å². The van der Waals surface area contributed by atoms with E-state index >= 15 is 0 Å². The van der Waals surface area contributed by atoms with Crippen LogP contribution in [0.15, 0.2) is 60.7 Å². The van der Waals surface area contributed by atoms with Gasteiger partial charge < -0.3 is 0 Å². The van der Waals surface area contributed by atoms with Gasteiger partial charge in [0.15, 0.2) is 0 Å². The second-order valence-corrected chi connectivity index (χ2v) is 4.62. The van der Waals surface area contributed by atoms with Crippen LogP contribution in [-0.2, 0) is 0 Å². The van der Waals surface area contributed by atoms with Crippen molar-refractivity contribution in [3.63, 3.8) is 0 Å². The second-order valence-electron chi connectivity index (χ2n) is 3.64. The highest BCUT2D eigenvalue weighted by atomic mass is 32.1. The lowest BCUT2D eigenvalue weighted by atomic mass is 10.2. The fourth-order valence-electron chi connectivity index (χ4n) is 1.62. The minimum absolute atomic E-state index is 0.962.